The van der Waals surface area contributed by atoms with Gasteiger partial charge in [0, 0.05) is 44.0 Å². The Labute approximate surface area is 293 Å². The molecule has 51 heavy (non-hydrogen) atoms. The lowest BCUT2D eigenvalue weighted by molar-refractivity contribution is 0.673. The van der Waals surface area contributed by atoms with Crippen molar-refractivity contribution >= 4 is 93.1 Å². The number of furan rings is 1. The molecule has 2 heterocycles. The number of benzene rings is 9. The molecule has 238 valence electrons. The molecule has 0 saturated carbocycles. The Hall–Kier alpha value is -6.84. The van der Waals surface area contributed by atoms with Gasteiger partial charge in [0.15, 0.2) is 0 Å². The van der Waals surface area contributed by atoms with E-state index in [2.05, 4.69) is 185 Å². The van der Waals surface area contributed by atoms with E-state index in [0.29, 0.717) is 0 Å². The fourth-order valence-electron chi connectivity index (χ4n) is 8.39. The third kappa shape index (κ3) is 4.06. The van der Waals surface area contributed by atoms with Crippen molar-refractivity contribution in [1.29, 1.82) is 0 Å². The SMILES string of the molecule is c1ccc(N(c2ccc3c(ccc4c3c3ccccc3c3oc5ccccc5c43)c2)c2cccc3c4ccccc4n(-c4ccccc4)c23)cc1. The van der Waals surface area contributed by atoms with Crippen LogP contribution in [0, 0.1) is 0 Å². The fourth-order valence-corrected chi connectivity index (χ4v) is 8.39. The van der Waals surface area contributed by atoms with Gasteiger partial charge in [-0.05, 0) is 81.5 Å². The molecule has 0 unspecified atom stereocenters. The molecule has 9 aromatic carbocycles. The lowest BCUT2D eigenvalue weighted by Gasteiger charge is -2.27. The number of para-hydroxylation sites is 5. The lowest BCUT2D eigenvalue weighted by atomic mass is 9.92. The van der Waals surface area contributed by atoms with Gasteiger partial charge in [0.05, 0.1) is 16.7 Å². The maximum Gasteiger partial charge on any atom is 0.143 e. The van der Waals surface area contributed by atoms with Crippen molar-refractivity contribution in [2.24, 2.45) is 0 Å². The van der Waals surface area contributed by atoms with Crippen LogP contribution < -0.4 is 4.90 Å². The molecule has 0 aliphatic carbocycles. The second-order valence-electron chi connectivity index (χ2n) is 13.3. The molecule has 0 bridgehead atoms. The molecular weight excluding hydrogens is 621 g/mol. The minimum absolute atomic E-state index is 0.918. The second kappa shape index (κ2) is 10.8. The van der Waals surface area contributed by atoms with E-state index in [-0.39, 0.29) is 0 Å². The molecule has 3 heteroatoms. The summed E-state index contributed by atoms with van der Waals surface area (Å²) in [5.74, 6) is 0. The maximum absolute atomic E-state index is 6.52. The van der Waals surface area contributed by atoms with Gasteiger partial charge in [-0.15, -0.1) is 0 Å². The fraction of sp³-hybridized carbons (Fsp3) is 0. The smallest absolute Gasteiger partial charge is 0.143 e. The van der Waals surface area contributed by atoms with E-state index in [9.17, 15) is 0 Å². The number of hydrogen-bond donors (Lipinski definition) is 0. The highest BCUT2D eigenvalue weighted by Crippen LogP contribution is 2.46. The Morgan fingerprint density at radius 1 is 0.412 bits per heavy atom. The van der Waals surface area contributed by atoms with Gasteiger partial charge in [-0.25, -0.2) is 0 Å². The van der Waals surface area contributed by atoms with E-state index >= 15 is 0 Å². The average molecular weight is 651 g/mol. The van der Waals surface area contributed by atoms with Crippen LogP contribution in [0.1, 0.15) is 0 Å². The Morgan fingerprint density at radius 3 is 1.92 bits per heavy atom. The number of anilines is 3. The average Bonchev–Trinajstić information content (AvgIpc) is 3.76. The summed E-state index contributed by atoms with van der Waals surface area (Å²) in [5.41, 5.74) is 8.70. The summed E-state index contributed by atoms with van der Waals surface area (Å²) in [6.45, 7) is 0. The zero-order valence-corrected chi connectivity index (χ0v) is 27.6. The van der Waals surface area contributed by atoms with Crippen LogP contribution in [-0.4, -0.2) is 4.57 Å². The Morgan fingerprint density at radius 2 is 1.08 bits per heavy atom. The first kappa shape index (κ1) is 28.0. The minimum Gasteiger partial charge on any atom is -0.455 e. The van der Waals surface area contributed by atoms with Crippen molar-refractivity contribution in [2.45, 2.75) is 0 Å². The summed E-state index contributed by atoms with van der Waals surface area (Å²) >= 11 is 0. The van der Waals surface area contributed by atoms with Crippen molar-refractivity contribution in [3.05, 3.63) is 182 Å². The third-order valence-electron chi connectivity index (χ3n) is 10.5. The van der Waals surface area contributed by atoms with Crippen molar-refractivity contribution in [3.63, 3.8) is 0 Å². The van der Waals surface area contributed by atoms with E-state index in [4.69, 9.17) is 4.42 Å². The lowest BCUT2D eigenvalue weighted by Crippen LogP contribution is -2.11. The van der Waals surface area contributed by atoms with Crippen molar-refractivity contribution < 1.29 is 4.42 Å². The second-order valence-corrected chi connectivity index (χ2v) is 13.3. The molecule has 2 aromatic heterocycles. The number of rotatable bonds is 4. The number of hydrogen-bond acceptors (Lipinski definition) is 2. The van der Waals surface area contributed by atoms with E-state index in [1.807, 2.05) is 6.07 Å². The van der Waals surface area contributed by atoms with Gasteiger partial charge in [0.1, 0.15) is 11.2 Å². The summed E-state index contributed by atoms with van der Waals surface area (Å²) in [5, 5.41) is 12.0. The predicted molar refractivity (Wildman–Crippen MR) is 215 cm³/mol. The van der Waals surface area contributed by atoms with Gasteiger partial charge in [-0.3, -0.25) is 0 Å². The molecule has 0 amide bonds. The molecule has 11 rings (SSSR count). The van der Waals surface area contributed by atoms with Gasteiger partial charge >= 0.3 is 0 Å². The van der Waals surface area contributed by atoms with Crippen LogP contribution in [0.4, 0.5) is 17.1 Å². The maximum atomic E-state index is 6.52. The topological polar surface area (TPSA) is 21.3 Å². The van der Waals surface area contributed by atoms with Crippen LogP contribution >= 0.6 is 0 Å². The van der Waals surface area contributed by atoms with Gasteiger partial charge < -0.3 is 13.9 Å². The van der Waals surface area contributed by atoms with Crippen LogP contribution in [0.3, 0.4) is 0 Å². The van der Waals surface area contributed by atoms with Crippen LogP contribution in [-0.2, 0) is 0 Å². The largest absolute Gasteiger partial charge is 0.455 e. The molecule has 0 radical (unpaired) electrons. The number of aromatic nitrogens is 1. The number of nitrogens with zero attached hydrogens (tertiary/aromatic N) is 2. The molecule has 11 aromatic rings. The highest BCUT2D eigenvalue weighted by molar-refractivity contribution is 6.34. The molecule has 3 nitrogen and oxygen atoms in total. The highest BCUT2D eigenvalue weighted by atomic mass is 16.3. The van der Waals surface area contributed by atoms with E-state index < -0.39 is 0 Å². The van der Waals surface area contributed by atoms with E-state index in [0.717, 1.165) is 44.7 Å². The van der Waals surface area contributed by atoms with E-state index in [1.54, 1.807) is 0 Å². The zero-order chi connectivity index (χ0) is 33.5. The standard InChI is InChI=1S/C48H30N2O/c1-3-14-32(15-4-1)49(43-24-13-22-38-36-18-9-11-23-42(36)50(47(38)43)33-16-5-2-6-17-33)34-27-29-35-31(30-34)26-28-41-45(35)37-19-7-8-20-39(37)48-46(41)40-21-10-12-25-44(40)51-48/h1-30H. The zero-order valence-electron chi connectivity index (χ0n) is 27.6. The predicted octanol–water partition coefficient (Wildman–Crippen LogP) is 13.6. The Kier molecular flexibility index (Phi) is 5.96. The third-order valence-corrected chi connectivity index (χ3v) is 10.5. The summed E-state index contributed by atoms with van der Waals surface area (Å²) in [6.07, 6.45) is 0. The molecule has 0 saturated heterocycles. The monoisotopic (exact) mass is 650 g/mol. The summed E-state index contributed by atoms with van der Waals surface area (Å²) in [6, 6.07) is 65.4. The van der Waals surface area contributed by atoms with Crippen molar-refractivity contribution in [2.75, 3.05) is 4.90 Å². The quantitative estimate of drug-likeness (QED) is 0.177. The minimum atomic E-state index is 0.918. The van der Waals surface area contributed by atoms with Crippen LogP contribution in [0.25, 0.3) is 81.7 Å². The summed E-state index contributed by atoms with van der Waals surface area (Å²) < 4.78 is 8.94. The molecule has 0 fully saturated rings. The van der Waals surface area contributed by atoms with Gasteiger partial charge in [-0.1, -0.05) is 127 Å². The molecule has 0 aliphatic rings. The van der Waals surface area contributed by atoms with Crippen LogP contribution in [0.5, 0.6) is 0 Å². The summed E-state index contributed by atoms with van der Waals surface area (Å²) in [4.78, 5) is 2.41. The first-order valence-corrected chi connectivity index (χ1v) is 17.4. The van der Waals surface area contributed by atoms with Crippen molar-refractivity contribution in [3.8, 4) is 5.69 Å². The van der Waals surface area contributed by atoms with Gasteiger partial charge in [0.2, 0.25) is 0 Å². The van der Waals surface area contributed by atoms with E-state index in [1.165, 1.54) is 54.1 Å². The Bertz CT molecular complexity index is 3140. The van der Waals surface area contributed by atoms with Gasteiger partial charge in [-0.2, -0.15) is 0 Å². The highest BCUT2D eigenvalue weighted by Gasteiger charge is 2.22. The van der Waals surface area contributed by atoms with Crippen LogP contribution in [0.15, 0.2) is 186 Å². The molecule has 0 atom stereocenters. The van der Waals surface area contributed by atoms with Crippen molar-refractivity contribution in [1.82, 2.24) is 4.57 Å². The number of fused-ring (bicyclic) bond motifs is 13. The first-order valence-electron chi connectivity index (χ1n) is 17.4. The molecule has 0 spiro atoms. The Balaban J connectivity index is 1.22. The normalized spacial score (nSPS) is 11.9. The molecule has 0 aliphatic heterocycles. The summed E-state index contributed by atoms with van der Waals surface area (Å²) in [7, 11) is 0. The van der Waals surface area contributed by atoms with Gasteiger partial charge in [0.25, 0.3) is 0 Å². The van der Waals surface area contributed by atoms with Crippen LogP contribution in [0.2, 0.25) is 0 Å². The molecular formula is C48H30N2O. The first-order chi connectivity index (χ1) is 25.3. The molecule has 0 N–H and O–H groups in total.